The minimum absolute atomic E-state index is 0.141. The van der Waals surface area contributed by atoms with Crippen molar-refractivity contribution >= 4 is 16.2 Å². The fourth-order valence-electron chi connectivity index (χ4n) is 2.75. The maximum Gasteiger partial charge on any atom is 0.407 e. The van der Waals surface area contributed by atoms with Gasteiger partial charge in [-0.15, -0.1) is 0 Å². The number of methoxy groups -OCH3 is 1. The molecular formula is C16H23NO6S. The number of carbonyl (C=O) groups is 1. The van der Waals surface area contributed by atoms with Crippen molar-refractivity contribution < 1.29 is 26.9 Å². The number of alkyl carbamates (subject to hydrolysis) is 1. The first-order chi connectivity index (χ1) is 11.4. The van der Waals surface area contributed by atoms with Crippen molar-refractivity contribution in [1.82, 2.24) is 5.32 Å². The van der Waals surface area contributed by atoms with E-state index in [0.717, 1.165) is 11.8 Å². The van der Waals surface area contributed by atoms with E-state index in [-0.39, 0.29) is 12.6 Å². The van der Waals surface area contributed by atoms with Gasteiger partial charge in [0.15, 0.2) is 0 Å². The molecule has 7 nitrogen and oxygen atoms in total. The zero-order chi connectivity index (χ0) is 17.6. The lowest BCUT2D eigenvalue weighted by Crippen LogP contribution is -2.47. The van der Waals surface area contributed by atoms with E-state index < -0.39 is 28.4 Å². The van der Waals surface area contributed by atoms with Gasteiger partial charge in [-0.05, 0) is 24.8 Å². The summed E-state index contributed by atoms with van der Waals surface area (Å²) in [6.45, 7) is 0.201. The summed E-state index contributed by atoms with van der Waals surface area (Å²) in [6.07, 6.45) is 1.15. The smallest absolute Gasteiger partial charge is 0.407 e. The summed E-state index contributed by atoms with van der Waals surface area (Å²) in [5.74, 6) is 0. The minimum atomic E-state index is -3.54. The molecule has 0 aliphatic heterocycles. The van der Waals surface area contributed by atoms with Crippen LogP contribution in [0, 0.1) is 0 Å². The van der Waals surface area contributed by atoms with E-state index in [1.165, 1.54) is 7.11 Å². The van der Waals surface area contributed by atoms with Gasteiger partial charge in [0.2, 0.25) is 0 Å². The summed E-state index contributed by atoms with van der Waals surface area (Å²) in [5, 5.41) is 2.79. The molecule has 1 fully saturated rings. The highest BCUT2D eigenvalue weighted by molar-refractivity contribution is 7.86. The fraction of sp³-hybridized carbons (Fsp3) is 0.562. The van der Waals surface area contributed by atoms with Crippen molar-refractivity contribution in [2.45, 2.75) is 44.1 Å². The topological polar surface area (TPSA) is 90.9 Å². The summed E-state index contributed by atoms with van der Waals surface area (Å²) in [5.41, 5.74) is 0.910. The van der Waals surface area contributed by atoms with E-state index in [1.807, 2.05) is 30.3 Å². The van der Waals surface area contributed by atoms with Crippen LogP contribution in [-0.4, -0.2) is 46.1 Å². The van der Waals surface area contributed by atoms with Gasteiger partial charge in [0.25, 0.3) is 10.1 Å². The Kier molecular flexibility index (Phi) is 6.59. The number of nitrogens with one attached hydrogen (secondary N) is 1. The zero-order valence-electron chi connectivity index (χ0n) is 13.8. The second-order valence-corrected chi connectivity index (χ2v) is 7.43. The van der Waals surface area contributed by atoms with E-state index in [2.05, 4.69) is 5.32 Å². The van der Waals surface area contributed by atoms with Crippen molar-refractivity contribution in [3.63, 3.8) is 0 Å². The summed E-state index contributed by atoms with van der Waals surface area (Å²) in [6, 6.07) is 9.26. The van der Waals surface area contributed by atoms with E-state index in [1.54, 1.807) is 0 Å². The molecule has 1 aromatic carbocycles. The monoisotopic (exact) mass is 357 g/mol. The average Bonchev–Trinajstić information content (AvgIpc) is 2.54. The second kappa shape index (κ2) is 8.46. The largest absolute Gasteiger partial charge is 0.445 e. The fourth-order valence-corrected chi connectivity index (χ4v) is 3.42. The van der Waals surface area contributed by atoms with E-state index >= 15 is 0 Å². The number of rotatable bonds is 6. The van der Waals surface area contributed by atoms with Crippen molar-refractivity contribution in [3.05, 3.63) is 35.9 Å². The summed E-state index contributed by atoms with van der Waals surface area (Å²) in [7, 11) is -2.04. The number of hydrogen-bond donors (Lipinski definition) is 1. The molecule has 3 atom stereocenters. The lowest BCUT2D eigenvalue weighted by molar-refractivity contribution is -0.0282. The third-order valence-electron chi connectivity index (χ3n) is 3.87. The van der Waals surface area contributed by atoms with Gasteiger partial charge in [-0.1, -0.05) is 30.3 Å². The number of ether oxygens (including phenoxy) is 2. The Morgan fingerprint density at radius 1 is 1.21 bits per heavy atom. The molecule has 1 aliphatic rings. The first kappa shape index (κ1) is 18.7. The summed E-state index contributed by atoms with van der Waals surface area (Å²) < 4.78 is 38.1. The predicted molar refractivity (Wildman–Crippen MR) is 87.9 cm³/mol. The van der Waals surface area contributed by atoms with Crippen LogP contribution in [0.15, 0.2) is 30.3 Å². The van der Waals surface area contributed by atoms with Crippen molar-refractivity contribution in [2.24, 2.45) is 0 Å². The van der Waals surface area contributed by atoms with Crippen LogP contribution in [0.4, 0.5) is 4.79 Å². The number of hydrogen-bond acceptors (Lipinski definition) is 6. The molecule has 0 bridgehead atoms. The quantitative estimate of drug-likeness (QED) is 0.781. The van der Waals surface area contributed by atoms with Crippen molar-refractivity contribution in [2.75, 3.05) is 13.4 Å². The highest BCUT2D eigenvalue weighted by Gasteiger charge is 2.34. The first-order valence-corrected chi connectivity index (χ1v) is 9.57. The molecule has 1 N–H and O–H groups in total. The highest BCUT2D eigenvalue weighted by Crippen LogP contribution is 2.25. The molecule has 1 saturated carbocycles. The van der Waals surface area contributed by atoms with Gasteiger partial charge in [0, 0.05) is 13.2 Å². The van der Waals surface area contributed by atoms with Gasteiger partial charge in [-0.25, -0.2) is 4.79 Å². The molecule has 2 rings (SSSR count). The molecule has 24 heavy (non-hydrogen) atoms. The normalized spacial score (nSPS) is 24.3. The van der Waals surface area contributed by atoms with E-state index in [9.17, 15) is 13.2 Å². The maximum absolute atomic E-state index is 11.9. The molecular weight excluding hydrogens is 334 g/mol. The average molecular weight is 357 g/mol. The highest BCUT2D eigenvalue weighted by atomic mass is 32.2. The van der Waals surface area contributed by atoms with E-state index in [0.29, 0.717) is 19.3 Å². The minimum Gasteiger partial charge on any atom is -0.445 e. The van der Waals surface area contributed by atoms with Crippen LogP contribution in [0.1, 0.15) is 24.8 Å². The van der Waals surface area contributed by atoms with Crippen LogP contribution < -0.4 is 5.32 Å². The Balaban J connectivity index is 1.80. The maximum atomic E-state index is 11.9. The van der Waals surface area contributed by atoms with Crippen LogP contribution in [0.5, 0.6) is 0 Å². The Bertz CT molecular complexity index is 633. The predicted octanol–water partition coefficient (Wildman–Crippen LogP) is 1.83. The van der Waals surface area contributed by atoms with Crippen molar-refractivity contribution in [3.8, 4) is 0 Å². The van der Waals surface area contributed by atoms with Crippen LogP contribution >= 0.6 is 0 Å². The molecule has 1 aromatic rings. The number of amides is 1. The van der Waals surface area contributed by atoms with Crippen LogP contribution in [0.2, 0.25) is 0 Å². The molecule has 0 heterocycles. The van der Waals surface area contributed by atoms with Gasteiger partial charge in [-0.2, -0.15) is 8.42 Å². The number of benzene rings is 1. The van der Waals surface area contributed by atoms with Crippen LogP contribution in [-0.2, 0) is 30.4 Å². The summed E-state index contributed by atoms with van der Waals surface area (Å²) >= 11 is 0. The molecule has 0 saturated heterocycles. The zero-order valence-corrected chi connectivity index (χ0v) is 14.6. The molecule has 0 unspecified atom stereocenters. The lowest BCUT2D eigenvalue weighted by atomic mass is 9.90. The second-order valence-electron chi connectivity index (χ2n) is 5.83. The standard InChI is InChI=1S/C16H23NO6S/c1-21-15-10-13(8-9-14(15)23-24(2,19)20)17-16(18)22-11-12-6-4-3-5-7-12/h3-7,13-15H,8-11H2,1-2H3,(H,17,18)/t13-,14+,15+/m1/s1. The van der Waals surface area contributed by atoms with Gasteiger partial charge in [0.1, 0.15) is 12.7 Å². The Morgan fingerprint density at radius 2 is 1.92 bits per heavy atom. The third kappa shape index (κ3) is 6.10. The lowest BCUT2D eigenvalue weighted by Gasteiger charge is -2.34. The SMILES string of the molecule is CO[C@H]1C[C@H](NC(=O)OCc2ccccc2)CC[C@@H]1OS(C)(=O)=O. The van der Waals surface area contributed by atoms with Gasteiger partial charge < -0.3 is 14.8 Å². The molecule has 0 aromatic heterocycles. The molecule has 0 spiro atoms. The molecule has 1 amide bonds. The molecule has 134 valence electrons. The molecule has 1 aliphatic carbocycles. The Hall–Kier alpha value is -1.64. The van der Waals surface area contributed by atoms with Gasteiger partial charge in [0.05, 0.1) is 12.4 Å². The van der Waals surface area contributed by atoms with E-state index in [4.69, 9.17) is 13.7 Å². The van der Waals surface area contributed by atoms with Crippen LogP contribution in [0.3, 0.4) is 0 Å². The molecule has 0 radical (unpaired) electrons. The Morgan fingerprint density at radius 3 is 2.54 bits per heavy atom. The molecule has 8 heteroatoms. The van der Waals surface area contributed by atoms with Crippen molar-refractivity contribution in [1.29, 1.82) is 0 Å². The van der Waals surface area contributed by atoms with Crippen LogP contribution in [0.25, 0.3) is 0 Å². The van der Waals surface area contributed by atoms with Gasteiger partial charge >= 0.3 is 6.09 Å². The van der Waals surface area contributed by atoms with Gasteiger partial charge in [-0.3, -0.25) is 4.18 Å². The Labute approximate surface area is 142 Å². The number of carbonyl (C=O) groups excluding carboxylic acids is 1. The first-order valence-electron chi connectivity index (χ1n) is 7.75. The summed E-state index contributed by atoms with van der Waals surface area (Å²) in [4.78, 5) is 11.9. The third-order valence-corrected chi connectivity index (χ3v) is 4.46.